The monoisotopic (exact) mass is 368 g/mol. The highest BCUT2D eigenvalue weighted by Gasteiger charge is 2.15. The number of carbonyl (C=O) groups is 1. The van der Waals surface area contributed by atoms with Crippen molar-refractivity contribution < 1.29 is 4.79 Å². The van der Waals surface area contributed by atoms with Gasteiger partial charge in [0.25, 0.3) is 5.91 Å². The summed E-state index contributed by atoms with van der Waals surface area (Å²) >= 11 is 0. The van der Waals surface area contributed by atoms with Crippen LogP contribution in [-0.2, 0) is 0 Å². The number of nitrogens with zero attached hydrogens (tertiary/aromatic N) is 4. The summed E-state index contributed by atoms with van der Waals surface area (Å²) in [6, 6.07) is 11.4. The molecule has 27 heavy (non-hydrogen) atoms. The van der Waals surface area contributed by atoms with Gasteiger partial charge in [0.05, 0.1) is 0 Å². The van der Waals surface area contributed by atoms with Crippen LogP contribution in [0.1, 0.15) is 31.3 Å². The van der Waals surface area contributed by atoms with Gasteiger partial charge < -0.3 is 20.4 Å². The third kappa shape index (κ3) is 5.40. The maximum Gasteiger partial charge on any atom is 0.276 e. The molecule has 2 heterocycles. The maximum atomic E-state index is 12.4. The first-order chi connectivity index (χ1) is 12.8. The topological polar surface area (TPSA) is 73.4 Å². The number of hydrogen-bond acceptors (Lipinski definition) is 6. The number of benzene rings is 1. The average Bonchev–Trinajstić information content (AvgIpc) is 2.62. The second-order valence-corrected chi connectivity index (χ2v) is 7.97. The van der Waals surface area contributed by atoms with Gasteiger partial charge in [-0.1, -0.05) is 0 Å². The third-order valence-electron chi connectivity index (χ3n) is 4.39. The van der Waals surface area contributed by atoms with Gasteiger partial charge in [-0.2, -0.15) is 0 Å². The zero-order chi connectivity index (χ0) is 19.4. The van der Waals surface area contributed by atoms with Crippen molar-refractivity contribution >= 4 is 23.1 Å². The fourth-order valence-electron chi connectivity index (χ4n) is 2.92. The molecule has 0 radical (unpaired) electrons. The number of anilines is 3. The smallest absolute Gasteiger partial charge is 0.276 e. The average molecular weight is 368 g/mol. The van der Waals surface area contributed by atoms with Gasteiger partial charge in [0.1, 0.15) is 5.82 Å². The largest absolute Gasteiger partial charge is 0.369 e. The lowest BCUT2D eigenvalue weighted by molar-refractivity contribution is 0.102. The molecule has 7 heteroatoms. The Bertz CT molecular complexity index is 759. The van der Waals surface area contributed by atoms with Crippen molar-refractivity contribution in [1.29, 1.82) is 0 Å². The van der Waals surface area contributed by atoms with Crippen LogP contribution < -0.4 is 15.5 Å². The van der Waals surface area contributed by atoms with Crippen LogP contribution in [0.25, 0.3) is 0 Å². The van der Waals surface area contributed by atoms with Crippen LogP contribution in [0.4, 0.5) is 17.2 Å². The van der Waals surface area contributed by atoms with E-state index in [-0.39, 0.29) is 17.1 Å². The second kappa shape index (κ2) is 7.92. The number of nitrogens with one attached hydrogen (secondary N) is 2. The van der Waals surface area contributed by atoms with E-state index in [1.165, 1.54) is 5.69 Å². The Morgan fingerprint density at radius 1 is 0.963 bits per heavy atom. The molecule has 1 aromatic heterocycles. The molecule has 1 aliphatic heterocycles. The molecule has 1 fully saturated rings. The van der Waals surface area contributed by atoms with E-state index in [2.05, 4.69) is 37.7 Å². The van der Waals surface area contributed by atoms with Crippen molar-refractivity contribution in [3.05, 3.63) is 42.1 Å². The molecule has 2 aromatic rings. The van der Waals surface area contributed by atoms with Crippen molar-refractivity contribution in [3.8, 4) is 0 Å². The highest BCUT2D eigenvalue weighted by atomic mass is 16.1. The molecule has 0 bridgehead atoms. The Kier molecular flexibility index (Phi) is 5.60. The normalized spacial score (nSPS) is 15.5. The Morgan fingerprint density at radius 2 is 1.63 bits per heavy atom. The quantitative estimate of drug-likeness (QED) is 0.864. The van der Waals surface area contributed by atoms with Crippen molar-refractivity contribution in [2.24, 2.45) is 0 Å². The molecule has 1 amide bonds. The number of piperazine rings is 1. The molecular weight excluding hydrogens is 340 g/mol. The van der Waals surface area contributed by atoms with Crippen LogP contribution >= 0.6 is 0 Å². The predicted octanol–water partition coefficient (Wildman–Crippen LogP) is 2.69. The standard InChI is InChI=1S/C20H28N6O/c1-20(2,3)22-18-10-9-17(23-24-18)19(27)21-15-5-7-16(8-6-15)26-13-11-25(4)12-14-26/h5-10H,11-14H2,1-4H3,(H,21,27)(H,22,24). The molecule has 144 valence electrons. The minimum atomic E-state index is -0.267. The maximum absolute atomic E-state index is 12.4. The van der Waals surface area contributed by atoms with Crippen LogP contribution in [-0.4, -0.2) is 59.8 Å². The predicted molar refractivity (Wildman–Crippen MR) is 110 cm³/mol. The molecule has 0 atom stereocenters. The number of hydrogen-bond donors (Lipinski definition) is 2. The lowest BCUT2D eigenvalue weighted by atomic mass is 10.1. The van der Waals surface area contributed by atoms with E-state index in [4.69, 9.17) is 0 Å². The van der Waals surface area contributed by atoms with Crippen molar-refractivity contribution in [2.75, 3.05) is 48.8 Å². The van der Waals surface area contributed by atoms with E-state index >= 15 is 0 Å². The zero-order valence-electron chi connectivity index (χ0n) is 16.5. The summed E-state index contributed by atoms with van der Waals surface area (Å²) in [4.78, 5) is 17.1. The van der Waals surface area contributed by atoms with E-state index < -0.39 is 0 Å². The van der Waals surface area contributed by atoms with Crippen LogP contribution in [0.5, 0.6) is 0 Å². The minimum absolute atomic E-state index is 0.107. The zero-order valence-corrected chi connectivity index (χ0v) is 16.5. The number of amides is 1. The Balaban J connectivity index is 1.59. The fraction of sp³-hybridized carbons (Fsp3) is 0.450. The minimum Gasteiger partial charge on any atom is -0.369 e. The van der Waals surface area contributed by atoms with Crippen molar-refractivity contribution in [2.45, 2.75) is 26.3 Å². The van der Waals surface area contributed by atoms with Gasteiger partial charge in [-0.25, -0.2) is 0 Å². The van der Waals surface area contributed by atoms with Gasteiger partial charge in [-0.3, -0.25) is 4.79 Å². The number of carbonyl (C=O) groups excluding carboxylic acids is 1. The molecule has 2 N–H and O–H groups in total. The molecule has 0 spiro atoms. The summed E-state index contributed by atoms with van der Waals surface area (Å²) in [6.45, 7) is 10.3. The molecular formula is C20H28N6O. The van der Waals surface area contributed by atoms with E-state index in [1.807, 2.05) is 45.0 Å². The van der Waals surface area contributed by atoms with Gasteiger partial charge in [0, 0.05) is 43.1 Å². The molecule has 0 unspecified atom stereocenters. The Hall–Kier alpha value is -2.67. The van der Waals surface area contributed by atoms with Gasteiger partial charge in [-0.05, 0) is 64.2 Å². The highest BCUT2D eigenvalue weighted by molar-refractivity contribution is 6.02. The molecule has 1 aliphatic rings. The van der Waals surface area contributed by atoms with E-state index in [1.54, 1.807) is 12.1 Å². The van der Waals surface area contributed by atoms with E-state index in [9.17, 15) is 4.79 Å². The SMILES string of the molecule is CN1CCN(c2ccc(NC(=O)c3ccc(NC(C)(C)C)nn3)cc2)CC1. The van der Waals surface area contributed by atoms with Crippen molar-refractivity contribution in [1.82, 2.24) is 15.1 Å². The van der Waals surface area contributed by atoms with Gasteiger partial charge >= 0.3 is 0 Å². The molecule has 3 rings (SSSR count). The summed E-state index contributed by atoms with van der Waals surface area (Å²) in [5.74, 6) is 0.382. The van der Waals surface area contributed by atoms with Crippen molar-refractivity contribution in [3.63, 3.8) is 0 Å². The molecule has 0 aliphatic carbocycles. The fourth-order valence-corrected chi connectivity index (χ4v) is 2.92. The molecule has 0 saturated carbocycles. The molecule has 7 nitrogen and oxygen atoms in total. The lowest BCUT2D eigenvalue weighted by Crippen LogP contribution is -2.44. The van der Waals surface area contributed by atoms with Crippen LogP contribution in [0.3, 0.4) is 0 Å². The molecule has 1 saturated heterocycles. The van der Waals surface area contributed by atoms with E-state index in [0.717, 1.165) is 31.9 Å². The molecule has 1 aromatic carbocycles. The lowest BCUT2D eigenvalue weighted by Gasteiger charge is -2.34. The van der Waals surface area contributed by atoms with Crippen LogP contribution in [0.15, 0.2) is 36.4 Å². The summed E-state index contributed by atoms with van der Waals surface area (Å²) < 4.78 is 0. The number of rotatable bonds is 4. The van der Waals surface area contributed by atoms with Gasteiger partial charge in [0.2, 0.25) is 0 Å². The number of likely N-dealkylation sites (N-methyl/N-ethyl adjacent to an activating group) is 1. The van der Waals surface area contributed by atoms with Crippen LogP contribution in [0.2, 0.25) is 0 Å². The first-order valence-corrected chi connectivity index (χ1v) is 9.27. The summed E-state index contributed by atoms with van der Waals surface area (Å²) in [6.07, 6.45) is 0. The third-order valence-corrected chi connectivity index (χ3v) is 4.39. The first kappa shape index (κ1) is 19.1. The Morgan fingerprint density at radius 3 is 2.19 bits per heavy atom. The first-order valence-electron chi connectivity index (χ1n) is 9.27. The Labute approximate surface area is 160 Å². The summed E-state index contributed by atoms with van der Waals surface area (Å²) in [7, 11) is 2.14. The van der Waals surface area contributed by atoms with Gasteiger partial charge in [0.15, 0.2) is 5.69 Å². The second-order valence-electron chi connectivity index (χ2n) is 7.97. The summed E-state index contributed by atoms with van der Waals surface area (Å²) in [5.41, 5.74) is 2.11. The van der Waals surface area contributed by atoms with Crippen LogP contribution in [0, 0.1) is 0 Å². The highest BCUT2D eigenvalue weighted by Crippen LogP contribution is 2.20. The van der Waals surface area contributed by atoms with Gasteiger partial charge in [-0.15, -0.1) is 10.2 Å². The summed E-state index contributed by atoms with van der Waals surface area (Å²) in [5, 5.41) is 14.2. The van der Waals surface area contributed by atoms with E-state index in [0.29, 0.717) is 5.82 Å². The number of aromatic nitrogens is 2.